The van der Waals surface area contributed by atoms with Crippen molar-refractivity contribution in [2.75, 3.05) is 11.9 Å². The van der Waals surface area contributed by atoms with E-state index in [9.17, 15) is 5.11 Å². The Morgan fingerprint density at radius 3 is 2.79 bits per heavy atom. The number of alkyl halides is 1. The summed E-state index contributed by atoms with van der Waals surface area (Å²) >= 11 is 14.8. The molecule has 78 valence electrons. The Bertz CT molecular complexity index is 307. The summed E-state index contributed by atoms with van der Waals surface area (Å²) in [6.45, 7) is 0.186. The SMILES string of the molecule is OC(CBr)COc1cccc(Cl)c1Cl. The number of benzene rings is 1. The second-order valence-corrected chi connectivity index (χ2v) is 4.10. The van der Waals surface area contributed by atoms with Gasteiger partial charge in [-0.15, -0.1) is 0 Å². The van der Waals surface area contributed by atoms with E-state index < -0.39 is 6.10 Å². The summed E-state index contributed by atoms with van der Waals surface area (Å²) in [6.07, 6.45) is -0.551. The molecule has 0 heterocycles. The monoisotopic (exact) mass is 298 g/mol. The van der Waals surface area contributed by atoms with Crippen molar-refractivity contribution in [2.24, 2.45) is 0 Å². The van der Waals surface area contributed by atoms with E-state index in [0.717, 1.165) is 0 Å². The zero-order valence-electron chi connectivity index (χ0n) is 7.21. The third kappa shape index (κ3) is 3.31. The number of rotatable bonds is 4. The minimum atomic E-state index is -0.551. The Morgan fingerprint density at radius 2 is 2.14 bits per heavy atom. The molecule has 0 radical (unpaired) electrons. The van der Waals surface area contributed by atoms with Crippen molar-refractivity contribution < 1.29 is 9.84 Å². The first-order valence-electron chi connectivity index (χ1n) is 3.96. The molecule has 0 saturated heterocycles. The van der Waals surface area contributed by atoms with Crippen LogP contribution < -0.4 is 4.74 Å². The van der Waals surface area contributed by atoms with Crippen molar-refractivity contribution >= 4 is 39.1 Å². The lowest BCUT2D eigenvalue weighted by atomic mass is 10.3. The van der Waals surface area contributed by atoms with E-state index in [-0.39, 0.29) is 6.61 Å². The van der Waals surface area contributed by atoms with E-state index in [1.54, 1.807) is 18.2 Å². The van der Waals surface area contributed by atoms with Gasteiger partial charge in [0.05, 0.1) is 11.1 Å². The second-order valence-electron chi connectivity index (χ2n) is 2.67. The average molecular weight is 300 g/mol. The fraction of sp³-hybridized carbons (Fsp3) is 0.333. The van der Waals surface area contributed by atoms with Crippen LogP contribution in [0.3, 0.4) is 0 Å². The van der Waals surface area contributed by atoms with E-state index in [4.69, 9.17) is 27.9 Å². The number of hydrogen-bond acceptors (Lipinski definition) is 2. The van der Waals surface area contributed by atoms with Gasteiger partial charge < -0.3 is 9.84 Å². The first-order valence-corrected chi connectivity index (χ1v) is 5.83. The lowest BCUT2D eigenvalue weighted by Crippen LogP contribution is -2.18. The molecule has 0 aliphatic heterocycles. The van der Waals surface area contributed by atoms with Gasteiger partial charge in [-0.05, 0) is 12.1 Å². The predicted octanol–water partition coefficient (Wildman–Crippen LogP) is 3.13. The normalized spacial score (nSPS) is 12.6. The number of hydrogen-bond donors (Lipinski definition) is 1. The highest BCUT2D eigenvalue weighted by Gasteiger charge is 2.07. The molecule has 1 aromatic carbocycles. The molecule has 2 nitrogen and oxygen atoms in total. The van der Waals surface area contributed by atoms with Crippen molar-refractivity contribution in [3.63, 3.8) is 0 Å². The Balaban J connectivity index is 2.63. The summed E-state index contributed by atoms with van der Waals surface area (Å²) in [4.78, 5) is 0. The largest absolute Gasteiger partial charge is 0.489 e. The highest BCUT2D eigenvalue weighted by atomic mass is 79.9. The van der Waals surface area contributed by atoms with E-state index in [1.165, 1.54) is 0 Å². The summed E-state index contributed by atoms with van der Waals surface area (Å²) in [6, 6.07) is 5.12. The van der Waals surface area contributed by atoms with Gasteiger partial charge in [-0.25, -0.2) is 0 Å². The third-order valence-corrected chi connectivity index (χ3v) is 3.07. The molecule has 1 aromatic rings. The highest BCUT2D eigenvalue weighted by molar-refractivity contribution is 9.09. The minimum absolute atomic E-state index is 0.186. The molecule has 0 aliphatic carbocycles. The Morgan fingerprint density at radius 1 is 1.43 bits per heavy atom. The van der Waals surface area contributed by atoms with Crippen LogP contribution in [0.5, 0.6) is 5.75 Å². The van der Waals surface area contributed by atoms with E-state index >= 15 is 0 Å². The molecule has 0 fully saturated rings. The summed E-state index contributed by atoms with van der Waals surface area (Å²) in [5.74, 6) is 0.485. The van der Waals surface area contributed by atoms with Crippen LogP contribution in [0.1, 0.15) is 0 Å². The van der Waals surface area contributed by atoms with Gasteiger partial charge in [0.2, 0.25) is 0 Å². The molecule has 1 unspecified atom stereocenters. The van der Waals surface area contributed by atoms with Gasteiger partial charge in [-0.1, -0.05) is 45.2 Å². The van der Waals surface area contributed by atoms with E-state index in [1.807, 2.05) is 0 Å². The zero-order chi connectivity index (χ0) is 10.6. The maximum Gasteiger partial charge on any atom is 0.139 e. The number of aliphatic hydroxyl groups is 1. The van der Waals surface area contributed by atoms with Crippen LogP contribution in [0.2, 0.25) is 10.0 Å². The third-order valence-electron chi connectivity index (χ3n) is 1.53. The quantitative estimate of drug-likeness (QED) is 0.866. The number of ether oxygens (including phenoxy) is 1. The molecule has 14 heavy (non-hydrogen) atoms. The molecule has 0 aliphatic rings. The minimum Gasteiger partial charge on any atom is -0.489 e. The number of aliphatic hydroxyl groups excluding tert-OH is 1. The standard InChI is InChI=1S/C9H9BrCl2O2/c10-4-6(13)5-14-8-3-1-2-7(11)9(8)12/h1-3,6,13H,4-5H2. The average Bonchev–Trinajstić information content (AvgIpc) is 2.20. The first-order chi connectivity index (χ1) is 6.65. The molecular weight excluding hydrogens is 291 g/mol. The number of halogens is 3. The molecule has 0 amide bonds. The van der Waals surface area contributed by atoms with Crippen molar-refractivity contribution in [1.29, 1.82) is 0 Å². The lowest BCUT2D eigenvalue weighted by Gasteiger charge is -2.11. The summed E-state index contributed by atoms with van der Waals surface area (Å²) in [5.41, 5.74) is 0. The van der Waals surface area contributed by atoms with Crippen LogP contribution in [0.4, 0.5) is 0 Å². The topological polar surface area (TPSA) is 29.5 Å². The summed E-state index contributed by atoms with van der Waals surface area (Å²) in [5, 5.41) is 10.5. The molecule has 1 N–H and O–H groups in total. The molecular formula is C9H9BrCl2O2. The maximum atomic E-state index is 9.23. The molecule has 0 aromatic heterocycles. The molecule has 0 spiro atoms. The van der Waals surface area contributed by atoms with Crippen molar-refractivity contribution in [1.82, 2.24) is 0 Å². The van der Waals surface area contributed by atoms with Crippen LogP contribution in [0.15, 0.2) is 18.2 Å². The van der Waals surface area contributed by atoms with Crippen molar-refractivity contribution in [2.45, 2.75) is 6.10 Å². The van der Waals surface area contributed by atoms with Gasteiger partial charge >= 0.3 is 0 Å². The molecule has 5 heteroatoms. The van der Waals surface area contributed by atoms with Crippen LogP contribution in [0, 0.1) is 0 Å². The second kappa shape index (κ2) is 5.81. The molecule has 0 bridgehead atoms. The van der Waals surface area contributed by atoms with Gasteiger partial charge in [0.25, 0.3) is 0 Å². The highest BCUT2D eigenvalue weighted by Crippen LogP contribution is 2.31. The molecule has 1 atom stereocenters. The summed E-state index contributed by atoms with van der Waals surface area (Å²) < 4.78 is 5.27. The van der Waals surface area contributed by atoms with Gasteiger partial charge in [0.1, 0.15) is 17.4 Å². The fourth-order valence-electron chi connectivity index (χ4n) is 0.826. The van der Waals surface area contributed by atoms with Crippen LogP contribution in [-0.2, 0) is 0 Å². The van der Waals surface area contributed by atoms with Crippen LogP contribution in [-0.4, -0.2) is 23.1 Å². The van der Waals surface area contributed by atoms with Crippen LogP contribution >= 0.6 is 39.1 Å². The van der Waals surface area contributed by atoms with E-state index in [2.05, 4.69) is 15.9 Å². The zero-order valence-corrected chi connectivity index (χ0v) is 10.3. The summed E-state index contributed by atoms with van der Waals surface area (Å²) in [7, 11) is 0. The Labute approximate surface area is 101 Å². The smallest absolute Gasteiger partial charge is 0.139 e. The first kappa shape index (κ1) is 12.1. The van der Waals surface area contributed by atoms with E-state index in [0.29, 0.717) is 21.1 Å². The Kier molecular flexibility index (Phi) is 5.02. The van der Waals surface area contributed by atoms with Crippen molar-refractivity contribution in [3.8, 4) is 5.75 Å². The van der Waals surface area contributed by atoms with Crippen molar-refractivity contribution in [3.05, 3.63) is 28.2 Å². The van der Waals surface area contributed by atoms with Gasteiger partial charge in [0.15, 0.2) is 0 Å². The van der Waals surface area contributed by atoms with Gasteiger partial charge in [0, 0.05) is 5.33 Å². The Hall–Kier alpha value is 0.0400. The van der Waals surface area contributed by atoms with Gasteiger partial charge in [-0.3, -0.25) is 0 Å². The fourth-order valence-corrected chi connectivity index (χ4v) is 1.36. The molecule has 1 rings (SSSR count). The predicted molar refractivity (Wildman–Crippen MR) is 61.8 cm³/mol. The van der Waals surface area contributed by atoms with Crippen LogP contribution in [0.25, 0.3) is 0 Å². The molecule has 0 saturated carbocycles. The van der Waals surface area contributed by atoms with Gasteiger partial charge in [-0.2, -0.15) is 0 Å². The maximum absolute atomic E-state index is 9.23. The lowest BCUT2D eigenvalue weighted by molar-refractivity contribution is 0.127.